The summed E-state index contributed by atoms with van der Waals surface area (Å²) in [6, 6.07) is 6.51. The molecule has 0 bridgehead atoms. The third-order valence-corrected chi connectivity index (χ3v) is 4.80. The SMILES string of the molecule is CC1OCCc2c1n[nH]c2C(=O)N[C@H]1COc2ccccc2N(C)C1=O. The van der Waals surface area contributed by atoms with Gasteiger partial charge in [0.2, 0.25) is 0 Å². The quantitative estimate of drug-likeness (QED) is 0.843. The number of carbonyl (C=O) groups is 2. The Kier molecular flexibility index (Phi) is 4.12. The zero-order valence-electron chi connectivity index (χ0n) is 14.6. The van der Waals surface area contributed by atoms with E-state index in [1.807, 2.05) is 25.1 Å². The van der Waals surface area contributed by atoms with E-state index in [4.69, 9.17) is 9.47 Å². The lowest BCUT2D eigenvalue weighted by Crippen LogP contribution is -2.49. The standard InChI is InChI=1S/C18H20N4O4/c1-10-15-11(7-8-25-10)16(21-20-15)17(23)19-12-9-26-14-6-4-3-5-13(14)22(2)18(12)24/h3-6,10,12H,7-9H2,1-2H3,(H,19,23)(H,20,21)/t10?,12-/m0/s1. The van der Waals surface area contributed by atoms with E-state index >= 15 is 0 Å². The predicted molar refractivity (Wildman–Crippen MR) is 93.3 cm³/mol. The highest BCUT2D eigenvalue weighted by atomic mass is 16.5. The first-order chi connectivity index (χ1) is 12.6. The fourth-order valence-electron chi connectivity index (χ4n) is 3.36. The highest BCUT2D eigenvalue weighted by molar-refractivity contribution is 6.03. The molecule has 8 nitrogen and oxygen atoms in total. The summed E-state index contributed by atoms with van der Waals surface area (Å²) in [6.07, 6.45) is 0.458. The summed E-state index contributed by atoms with van der Waals surface area (Å²) in [5.41, 5.74) is 2.65. The molecular formula is C18H20N4O4. The molecule has 26 heavy (non-hydrogen) atoms. The number of rotatable bonds is 2. The number of aromatic nitrogens is 2. The van der Waals surface area contributed by atoms with Crippen LogP contribution >= 0.6 is 0 Å². The molecule has 0 spiro atoms. The minimum Gasteiger partial charge on any atom is -0.489 e. The average Bonchev–Trinajstić information content (AvgIpc) is 3.05. The average molecular weight is 356 g/mol. The molecule has 136 valence electrons. The van der Waals surface area contributed by atoms with Crippen LogP contribution in [0.5, 0.6) is 5.75 Å². The molecule has 0 aliphatic carbocycles. The van der Waals surface area contributed by atoms with Crippen molar-refractivity contribution in [2.24, 2.45) is 0 Å². The maximum Gasteiger partial charge on any atom is 0.270 e. The molecule has 4 rings (SSSR count). The molecule has 0 saturated heterocycles. The Balaban J connectivity index is 1.55. The zero-order valence-corrected chi connectivity index (χ0v) is 14.6. The van der Waals surface area contributed by atoms with Gasteiger partial charge in [0.05, 0.1) is 24.1 Å². The van der Waals surface area contributed by atoms with E-state index in [-0.39, 0.29) is 24.5 Å². The molecule has 1 unspecified atom stereocenters. The van der Waals surface area contributed by atoms with Crippen LogP contribution in [-0.2, 0) is 16.0 Å². The van der Waals surface area contributed by atoms with E-state index in [1.165, 1.54) is 4.90 Å². The summed E-state index contributed by atoms with van der Waals surface area (Å²) < 4.78 is 11.3. The van der Waals surface area contributed by atoms with E-state index in [0.717, 1.165) is 11.3 Å². The summed E-state index contributed by atoms with van der Waals surface area (Å²) in [4.78, 5) is 27.0. The molecule has 2 aliphatic heterocycles. The number of H-pyrrole nitrogens is 1. The number of benzene rings is 1. The van der Waals surface area contributed by atoms with Gasteiger partial charge in [-0.3, -0.25) is 14.7 Å². The molecule has 2 N–H and O–H groups in total. The monoisotopic (exact) mass is 356 g/mol. The van der Waals surface area contributed by atoms with Crippen molar-refractivity contribution >= 4 is 17.5 Å². The predicted octanol–water partition coefficient (Wildman–Crippen LogP) is 1.20. The summed E-state index contributed by atoms with van der Waals surface area (Å²) in [5.74, 6) is 0.0209. The maximum atomic E-state index is 12.7. The van der Waals surface area contributed by atoms with Crippen LogP contribution in [0.3, 0.4) is 0 Å². The molecule has 2 aromatic rings. The van der Waals surface area contributed by atoms with Crippen LogP contribution in [0, 0.1) is 0 Å². The Morgan fingerprint density at radius 1 is 1.38 bits per heavy atom. The van der Waals surface area contributed by atoms with Gasteiger partial charge in [-0.05, 0) is 19.1 Å². The molecule has 2 amide bonds. The van der Waals surface area contributed by atoms with Crippen LogP contribution in [0.25, 0.3) is 0 Å². The molecule has 1 aromatic carbocycles. The lowest BCUT2D eigenvalue weighted by atomic mass is 10.0. The second-order valence-electron chi connectivity index (χ2n) is 6.43. The van der Waals surface area contributed by atoms with Crippen molar-refractivity contribution < 1.29 is 19.1 Å². The van der Waals surface area contributed by atoms with Crippen molar-refractivity contribution in [1.82, 2.24) is 15.5 Å². The highest BCUT2D eigenvalue weighted by Crippen LogP contribution is 2.30. The van der Waals surface area contributed by atoms with Crippen molar-refractivity contribution in [3.63, 3.8) is 0 Å². The molecule has 3 heterocycles. The van der Waals surface area contributed by atoms with Crippen LogP contribution in [-0.4, -0.2) is 48.3 Å². The van der Waals surface area contributed by atoms with Crippen molar-refractivity contribution in [2.75, 3.05) is 25.2 Å². The van der Waals surface area contributed by atoms with Crippen molar-refractivity contribution in [1.29, 1.82) is 0 Å². The number of ether oxygens (including phenoxy) is 2. The van der Waals surface area contributed by atoms with Gasteiger partial charge in [0.1, 0.15) is 24.1 Å². The number of hydrogen-bond donors (Lipinski definition) is 2. The second-order valence-corrected chi connectivity index (χ2v) is 6.43. The summed E-state index contributed by atoms with van der Waals surface area (Å²) in [5, 5.41) is 9.76. The van der Waals surface area contributed by atoms with Gasteiger partial charge in [-0.1, -0.05) is 12.1 Å². The third kappa shape index (κ3) is 2.72. The number of fused-ring (bicyclic) bond motifs is 2. The summed E-state index contributed by atoms with van der Waals surface area (Å²) in [6.45, 7) is 2.51. The van der Waals surface area contributed by atoms with Crippen molar-refractivity contribution in [2.45, 2.75) is 25.5 Å². The largest absolute Gasteiger partial charge is 0.489 e. The van der Waals surface area contributed by atoms with Gasteiger partial charge >= 0.3 is 0 Å². The van der Waals surface area contributed by atoms with Crippen molar-refractivity contribution in [3.05, 3.63) is 41.2 Å². The fraction of sp³-hybridized carbons (Fsp3) is 0.389. The minimum atomic E-state index is -0.781. The Labute approximate surface area is 150 Å². The second kappa shape index (κ2) is 6.45. The number of carbonyl (C=O) groups excluding carboxylic acids is 2. The van der Waals surface area contributed by atoms with Gasteiger partial charge in [0.25, 0.3) is 11.8 Å². The number of likely N-dealkylation sites (N-methyl/N-ethyl adjacent to an activating group) is 1. The number of hydrogen-bond acceptors (Lipinski definition) is 5. The van der Waals surface area contributed by atoms with E-state index < -0.39 is 6.04 Å². The Hall–Kier alpha value is -2.87. The molecular weight excluding hydrogens is 336 g/mol. The number of anilines is 1. The number of nitrogens with zero attached hydrogens (tertiary/aromatic N) is 2. The smallest absolute Gasteiger partial charge is 0.270 e. The lowest BCUT2D eigenvalue weighted by molar-refractivity contribution is -0.120. The van der Waals surface area contributed by atoms with Crippen molar-refractivity contribution in [3.8, 4) is 5.75 Å². The Morgan fingerprint density at radius 2 is 2.19 bits per heavy atom. The summed E-state index contributed by atoms with van der Waals surface area (Å²) >= 11 is 0. The van der Waals surface area contributed by atoms with E-state index in [9.17, 15) is 9.59 Å². The first-order valence-corrected chi connectivity index (χ1v) is 8.55. The Morgan fingerprint density at radius 3 is 3.04 bits per heavy atom. The normalized spacial score (nSPS) is 22.1. The van der Waals surface area contributed by atoms with Gasteiger partial charge in [-0.2, -0.15) is 5.10 Å². The molecule has 2 atom stereocenters. The van der Waals surface area contributed by atoms with Gasteiger partial charge in [0, 0.05) is 19.0 Å². The van der Waals surface area contributed by atoms with Crippen LogP contribution in [0.15, 0.2) is 24.3 Å². The topological polar surface area (TPSA) is 96.5 Å². The van der Waals surface area contributed by atoms with Crippen LogP contribution in [0.2, 0.25) is 0 Å². The zero-order chi connectivity index (χ0) is 18.3. The Bertz CT molecular complexity index is 863. The van der Waals surface area contributed by atoms with Gasteiger partial charge in [0.15, 0.2) is 0 Å². The van der Waals surface area contributed by atoms with E-state index in [1.54, 1.807) is 13.1 Å². The van der Waals surface area contributed by atoms with Crippen LogP contribution < -0.4 is 15.0 Å². The fourth-order valence-corrected chi connectivity index (χ4v) is 3.36. The van der Waals surface area contributed by atoms with E-state index in [2.05, 4.69) is 15.5 Å². The number of aromatic amines is 1. The maximum absolute atomic E-state index is 12.7. The van der Waals surface area contributed by atoms with Gasteiger partial charge < -0.3 is 19.7 Å². The minimum absolute atomic E-state index is 0.0712. The van der Waals surface area contributed by atoms with Crippen LogP contribution in [0.1, 0.15) is 34.8 Å². The number of para-hydroxylation sites is 2. The first-order valence-electron chi connectivity index (χ1n) is 8.55. The molecule has 8 heteroatoms. The van der Waals surface area contributed by atoms with Crippen LogP contribution in [0.4, 0.5) is 5.69 Å². The number of nitrogens with one attached hydrogen (secondary N) is 2. The molecule has 1 aromatic heterocycles. The van der Waals surface area contributed by atoms with Gasteiger partial charge in [-0.25, -0.2) is 0 Å². The molecule has 2 aliphatic rings. The number of amides is 2. The first kappa shape index (κ1) is 16.6. The van der Waals surface area contributed by atoms with E-state index in [0.29, 0.717) is 30.2 Å². The molecule has 0 fully saturated rings. The highest BCUT2D eigenvalue weighted by Gasteiger charge is 2.32. The lowest BCUT2D eigenvalue weighted by Gasteiger charge is -2.21. The molecule has 0 saturated carbocycles. The van der Waals surface area contributed by atoms with Gasteiger partial charge in [-0.15, -0.1) is 0 Å². The molecule has 0 radical (unpaired) electrons. The summed E-state index contributed by atoms with van der Waals surface area (Å²) in [7, 11) is 1.67. The third-order valence-electron chi connectivity index (χ3n) is 4.80.